The Morgan fingerprint density at radius 2 is 2.24 bits per heavy atom. The fourth-order valence-corrected chi connectivity index (χ4v) is 1.32. The minimum absolute atomic E-state index is 0.354. The van der Waals surface area contributed by atoms with Crippen LogP contribution in [0.15, 0.2) is 34.5 Å². The van der Waals surface area contributed by atoms with Crippen LogP contribution in [-0.4, -0.2) is 24.2 Å². The summed E-state index contributed by atoms with van der Waals surface area (Å²) in [4.78, 5) is 0. The average molecular weight is 247 g/mol. The number of hydrogen-bond donors (Lipinski definition) is 1. The Morgan fingerprint density at radius 3 is 2.82 bits per heavy atom. The molecule has 0 fully saturated rings. The van der Waals surface area contributed by atoms with Gasteiger partial charge in [0.2, 0.25) is 0 Å². The van der Waals surface area contributed by atoms with Crippen molar-refractivity contribution in [2.45, 2.75) is 0 Å². The maximum atomic E-state index is 5.55. The van der Waals surface area contributed by atoms with E-state index in [0.29, 0.717) is 10.9 Å². The summed E-state index contributed by atoms with van der Waals surface area (Å²) in [5.74, 6) is 3.75. The number of nitrogens with two attached hydrogens (primary N) is 1. The summed E-state index contributed by atoms with van der Waals surface area (Å²) in [5, 5.41) is 8.01. The van der Waals surface area contributed by atoms with Gasteiger partial charge < -0.3 is 10.5 Å². The molecule has 0 bridgehead atoms. The molecule has 1 aromatic carbocycles. The van der Waals surface area contributed by atoms with Crippen LogP contribution in [0.3, 0.4) is 0 Å². The van der Waals surface area contributed by atoms with E-state index >= 15 is 0 Å². The van der Waals surface area contributed by atoms with E-state index in [1.807, 2.05) is 24.3 Å². The summed E-state index contributed by atoms with van der Waals surface area (Å²) in [7, 11) is 1.62. The van der Waals surface area contributed by atoms with Crippen LogP contribution in [0.1, 0.15) is 5.56 Å². The highest BCUT2D eigenvalue weighted by Gasteiger charge is 1.91. The zero-order valence-electron chi connectivity index (χ0n) is 9.46. The summed E-state index contributed by atoms with van der Waals surface area (Å²) in [6.45, 7) is 0. The maximum Gasteiger partial charge on any atom is 0.181 e. The van der Waals surface area contributed by atoms with Crippen LogP contribution in [0, 0.1) is 12.3 Å². The zero-order chi connectivity index (χ0) is 12.5. The molecule has 17 heavy (non-hydrogen) atoms. The topological polar surface area (TPSA) is 60.0 Å². The molecular formula is C12H13N3OS. The number of thioether (sulfide) groups is 1. The van der Waals surface area contributed by atoms with Crippen molar-refractivity contribution in [1.82, 2.24) is 0 Å². The largest absolute Gasteiger partial charge is 0.497 e. The molecule has 0 unspecified atom stereocenters. The van der Waals surface area contributed by atoms with Gasteiger partial charge in [0, 0.05) is 0 Å². The van der Waals surface area contributed by atoms with Gasteiger partial charge in [0.15, 0.2) is 5.17 Å². The molecule has 0 atom stereocenters. The highest BCUT2D eigenvalue weighted by molar-refractivity contribution is 8.13. The molecule has 0 aliphatic rings. The molecule has 1 rings (SSSR count). The lowest BCUT2D eigenvalue weighted by Gasteiger charge is -1.98. The molecule has 0 aromatic heterocycles. The fraction of sp³-hybridized carbons (Fsp3) is 0.167. The molecule has 4 nitrogen and oxygen atoms in total. The van der Waals surface area contributed by atoms with E-state index in [4.69, 9.17) is 16.9 Å². The highest BCUT2D eigenvalue weighted by atomic mass is 32.2. The second-order valence-electron chi connectivity index (χ2n) is 2.95. The van der Waals surface area contributed by atoms with E-state index in [1.54, 1.807) is 13.3 Å². The number of benzene rings is 1. The van der Waals surface area contributed by atoms with Gasteiger partial charge in [0.25, 0.3) is 0 Å². The number of ether oxygens (including phenoxy) is 1. The molecular weight excluding hydrogens is 234 g/mol. The van der Waals surface area contributed by atoms with E-state index < -0.39 is 0 Å². The van der Waals surface area contributed by atoms with Crippen LogP contribution in [0.2, 0.25) is 0 Å². The van der Waals surface area contributed by atoms with Crippen LogP contribution < -0.4 is 10.5 Å². The average Bonchev–Trinajstić information content (AvgIpc) is 2.37. The van der Waals surface area contributed by atoms with Crippen LogP contribution in [0.25, 0.3) is 0 Å². The van der Waals surface area contributed by atoms with Gasteiger partial charge >= 0.3 is 0 Å². The predicted molar refractivity (Wildman–Crippen MR) is 73.5 cm³/mol. The quantitative estimate of drug-likeness (QED) is 0.381. The van der Waals surface area contributed by atoms with Gasteiger partial charge in [-0.15, -0.1) is 11.5 Å². The second-order valence-corrected chi connectivity index (χ2v) is 3.94. The molecule has 0 aliphatic heterocycles. The smallest absolute Gasteiger partial charge is 0.181 e. The van der Waals surface area contributed by atoms with E-state index in [0.717, 1.165) is 11.3 Å². The van der Waals surface area contributed by atoms with Crippen molar-refractivity contribution in [1.29, 1.82) is 0 Å². The standard InChI is InChI=1S/C12H13N3OS/c1-3-8-17-12(13)15-14-9-10-4-6-11(16-2)7-5-10/h1,4-7,9H,8H2,2H3,(H2,13,15)/b14-9+. The Morgan fingerprint density at radius 1 is 1.53 bits per heavy atom. The minimum atomic E-state index is 0.354. The lowest BCUT2D eigenvalue weighted by atomic mass is 10.2. The number of rotatable bonds is 4. The normalized spacial score (nSPS) is 11.4. The van der Waals surface area contributed by atoms with Crippen molar-refractivity contribution in [2.24, 2.45) is 15.9 Å². The van der Waals surface area contributed by atoms with Gasteiger partial charge in [-0.1, -0.05) is 17.7 Å². The Hall–Kier alpha value is -1.93. The van der Waals surface area contributed by atoms with E-state index in [-0.39, 0.29) is 0 Å². The predicted octanol–water partition coefficient (Wildman–Crippen LogP) is 1.71. The number of methoxy groups -OCH3 is 1. The number of terminal acetylenes is 1. The van der Waals surface area contributed by atoms with E-state index in [9.17, 15) is 0 Å². The molecule has 0 radical (unpaired) electrons. The number of amidine groups is 1. The SMILES string of the molecule is C#CCS/C(N)=N/N=C/c1ccc(OC)cc1. The first-order chi connectivity index (χ1) is 8.26. The Bertz CT molecular complexity index is 446. The summed E-state index contributed by atoms with van der Waals surface area (Å²) >= 11 is 1.28. The van der Waals surface area contributed by atoms with Crippen LogP contribution in [0.5, 0.6) is 5.75 Å². The van der Waals surface area contributed by atoms with Crippen molar-refractivity contribution >= 4 is 23.1 Å². The Balaban J connectivity index is 2.55. The summed E-state index contributed by atoms with van der Waals surface area (Å²) < 4.78 is 5.04. The van der Waals surface area contributed by atoms with Crippen molar-refractivity contribution < 1.29 is 4.74 Å². The van der Waals surface area contributed by atoms with Gasteiger partial charge in [0.1, 0.15) is 5.75 Å². The number of hydrogen-bond acceptors (Lipinski definition) is 4. The molecule has 0 saturated heterocycles. The van der Waals surface area contributed by atoms with Gasteiger partial charge in [-0.2, -0.15) is 5.10 Å². The van der Waals surface area contributed by atoms with E-state index in [1.165, 1.54) is 11.8 Å². The van der Waals surface area contributed by atoms with E-state index in [2.05, 4.69) is 16.1 Å². The third-order valence-corrected chi connectivity index (χ3v) is 2.47. The van der Waals surface area contributed by atoms with Crippen LogP contribution in [-0.2, 0) is 0 Å². The first-order valence-electron chi connectivity index (χ1n) is 4.83. The maximum absolute atomic E-state index is 5.55. The summed E-state index contributed by atoms with van der Waals surface area (Å²) in [5.41, 5.74) is 6.47. The molecule has 1 aromatic rings. The van der Waals surface area contributed by atoms with Crippen molar-refractivity contribution in [2.75, 3.05) is 12.9 Å². The molecule has 0 aliphatic carbocycles. The fourth-order valence-electron chi connectivity index (χ4n) is 0.987. The summed E-state index contributed by atoms with van der Waals surface area (Å²) in [6, 6.07) is 7.45. The Labute approximate surface area is 105 Å². The molecule has 0 amide bonds. The third-order valence-electron chi connectivity index (χ3n) is 1.78. The Kier molecular flexibility index (Phi) is 5.69. The van der Waals surface area contributed by atoms with Crippen molar-refractivity contribution in [3.05, 3.63) is 29.8 Å². The molecule has 0 saturated carbocycles. The van der Waals surface area contributed by atoms with Crippen LogP contribution >= 0.6 is 11.8 Å². The highest BCUT2D eigenvalue weighted by Crippen LogP contribution is 2.09. The van der Waals surface area contributed by atoms with Gasteiger partial charge in [-0.25, -0.2) is 0 Å². The molecule has 0 heterocycles. The monoisotopic (exact) mass is 247 g/mol. The van der Waals surface area contributed by atoms with Gasteiger partial charge in [-0.05, 0) is 29.8 Å². The van der Waals surface area contributed by atoms with Gasteiger partial charge in [-0.3, -0.25) is 0 Å². The molecule has 5 heteroatoms. The zero-order valence-corrected chi connectivity index (χ0v) is 10.3. The first-order valence-corrected chi connectivity index (χ1v) is 5.81. The van der Waals surface area contributed by atoms with Crippen molar-refractivity contribution in [3.8, 4) is 18.1 Å². The molecule has 0 spiro atoms. The minimum Gasteiger partial charge on any atom is -0.497 e. The third kappa shape index (κ3) is 5.09. The van der Waals surface area contributed by atoms with Gasteiger partial charge in [0.05, 0.1) is 19.1 Å². The van der Waals surface area contributed by atoms with Crippen LogP contribution in [0.4, 0.5) is 0 Å². The lowest BCUT2D eigenvalue weighted by molar-refractivity contribution is 0.415. The summed E-state index contributed by atoms with van der Waals surface area (Å²) in [6.07, 6.45) is 6.71. The first kappa shape index (κ1) is 13.1. The number of nitrogens with zero attached hydrogens (tertiary/aromatic N) is 2. The lowest BCUT2D eigenvalue weighted by Crippen LogP contribution is -2.05. The molecule has 2 N–H and O–H groups in total. The molecule has 88 valence electrons. The second kappa shape index (κ2) is 7.36. The van der Waals surface area contributed by atoms with Crippen molar-refractivity contribution in [3.63, 3.8) is 0 Å².